The molecule has 0 aromatic heterocycles. The third-order valence-corrected chi connectivity index (χ3v) is 10.1. The van der Waals surface area contributed by atoms with Gasteiger partial charge in [0.05, 0.1) is 28.6 Å². The molecule has 43 heavy (non-hydrogen) atoms. The number of piperidine rings is 2. The van der Waals surface area contributed by atoms with Gasteiger partial charge in [0.25, 0.3) is 5.91 Å². The molecule has 2 heterocycles. The molecule has 0 bridgehead atoms. The first-order chi connectivity index (χ1) is 20.8. The summed E-state index contributed by atoms with van der Waals surface area (Å²) >= 11 is 12.9. The predicted octanol–water partition coefficient (Wildman–Crippen LogP) is 7.22. The SMILES string of the molecule is CON(C)C(=O)C1(c2ccccc2)CCN(C(CC(C(=O)c2ccccc2)N2CCCCC2)c2ccc(Cl)c(Cl)c2)CC1. The number of hydrogen-bond acceptors (Lipinski definition) is 5. The van der Waals surface area contributed by atoms with E-state index >= 15 is 0 Å². The van der Waals surface area contributed by atoms with E-state index in [9.17, 15) is 9.59 Å². The zero-order valence-electron chi connectivity index (χ0n) is 25.1. The van der Waals surface area contributed by atoms with Crippen molar-refractivity contribution in [2.75, 3.05) is 40.3 Å². The predicted molar refractivity (Wildman–Crippen MR) is 173 cm³/mol. The Morgan fingerprint density at radius 2 is 1.47 bits per heavy atom. The van der Waals surface area contributed by atoms with E-state index in [1.165, 1.54) is 18.6 Å². The number of carbonyl (C=O) groups is 2. The Morgan fingerprint density at radius 3 is 2.07 bits per heavy atom. The van der Waals surface area contributed by atoms with E-state index in [1.807, 2.05) is 78.9 Å². The molecule has 2 aliphatic heterocycles. The van der Waals surface area contributed by atoms with Crippen molar-refractivity contribution in [3.63, 3.8) is 0 Å². The Labute approximate surface area is 265 Å². The quantitative estimate of drug-likeness (QED) is 0.177. The van der Waals surface area contributed by atoms with E-state index in [0.29, 0.717) is 42.4 Å². The van der Waals surface area contributed by atoms with Crippen molar-refractivity contribution in [2.45, 2.75) is 56.0 Å². The van der Waals surface area contributed by atoms with E-state index < -0.39 is 5.41 Å². The van der Waals surface area contributed by atoms with Crippen molar-refractivity contribution < 1.29 is 14.4 Å². The molecule has 2 unspecified atom stereocenters. The van der Waals surface area contributed by atoms with Crippen molar-refractivity contribution in [1.82, 2.24) is 14.9 Å². The molecule has 0 aliphatic carbocycles. The number of rotatable bonds is 10. The lowest BCUT2D eigenvalue weighted by molar-refractivity contribution is -0.177. The summed E-state index contributed by atoms with van der Waals surface area (Å²) in [5, 5.41) is 2.36. The number of Topliss-reactive ketones (excluding diaryl/α,β-unsaturated/α-hetero) is 1. The van der Waals surface area contributed by atoms with Crippen LogP contribution >= 0.6 is 23.2 Å². The normalized spacial score (nSPS) is 19.0. The number of halogens is 2. The summed E-state index contributed by atoms with van der Waals surface area (Å²) in [5.74, 6) is 0.109. The van der Waals surface area contributed by atoms with Crippen LogP contribution in [0.1, 0.15) is 66.1 Å². The molecule has 0 spiro atoms. The number of nitrogens with zero attached hydrogens (tertiary/aromatic N) is 3. The first-order valence-corrected chi connectivity index (χ1v) is 16.0. The van der Waals surface area contributed by atoms with Gasteiger partial charge in [0.2, 0.25) is 0 Å². The van der Waals surface area contributed by atoms with E-state index in [0.717, 1.165) is 42.6 Å². The second kappa shape index (κ2) is 14.4. The molecule has 3 aromatic carbocycles. The van der Waals surface area contributed by atoms with Crippen LogP contribution in [0.5, 0.6) is 0 Å². The summed E-state index contributed by atoms with van der Waals surface area (Å²) in [4.78, 5) is 38.1. The summed E-state index contributed by atoms with van der Waals surface area (Å²) in [6, 6.07) is 25.1. The first kappa shape index (κ1) is 31.7. The van der Waals surface area contributed by atoms with Crippen LogP contribution in [0.15, 0.2) is 78.9 Å². The molecular weight excluding hydrogens is 581 g/mol. The third-order valence-electron chi connectivity index (χ3n) is 9.36. The van der Waals surface area contributed by atoms with Gasteiger partial charge in [-0.25, -0.2) is 5.06 Å². The fraction of sp³-hybridized carbons (Fsp3) is 0.429. The maximum Gasteiger partial charge on any atom is 0.256 e. The molecule has 3 aromatic rings. The number of likely N-dealkylation sites (N-methyl/N-ethyl adjacent to an activating group) is 1. The van der Waals surface area contributed by atoms with Crippen molar-refractivity contribution >= 4 is 34.9 Å². The minimum atomic E-state index is -0.698. The molecule has 0 N–H and O–H groups in total. The summed E-state index contributed by atoms with van der Waals surface area (Å²) in [6.07, 6.45) is 5.25. The minimum absolute atomic E-state index is 0.0441. The highest BCUT2D eigenvalue weighted by Gasteiger charge is 2.46. The van der Waals surface area contributed by atoms with Crippen molar-refractivity contribution in [3.05, 3.63) is 106 Å². The van der Waals surface area contributed by atoms with E-state index in [2.05, 4.69) is 9.80 Å². The average molecular weight is 623 g/mol. The average Bonchev–Trinajstić information content (AvgIpc) is 3.07. The largest absolute Gasteiger partial charge is 0.296 e. The lowest BCUT2D eigenvalue weighted by Crippen LogP contribution is -2.53. The van der Waals surface area contributed by atoms with Gasteiger partial charge in [-0.1, -0.05) is 96.4 Å². The van der Waals surface area contributed by atoms with Gasteiger partial charge in [0.15, 0.2) is 5.78 Å². The summed E-state index contributed by atoms with van der Waals surface area (Å²) in [7, 11) is 3.20. The van der Waals surface area contributed by atoms with Gasteiger partial charge < -0.3 is 0 Å². The highest BCUT2D eigenvalue weighted by Crippen LogP contribution is 2.42. The number of ketones is 1. The van der Waals surface area contributed by atoms with Crippen molar-refractivity contribution in [2.24, 2.45) is 0 Å². The number of amides is 1. The summed E-state index contributed by atoms with van der Waals surface area (Å²) in [6.45, 7) is 3.17. The number of hydroxylamine groups is 2. The van der Waals surface area contributed by atoms with Crippen LogP contribution in [0.3, 0.4) is 0 Å². The molecule has 5 rings (SSSR count). The van der Waals surface area contributed by atoms with Crippen LogP contribution in [-0.2, 0) is 15.0 Å². The lowest BCUT2D eigenvalue weighted by atomic mass is 9.71. The molecule has 2 saturated heterocycles. The fourth-order valence-corrected chi connectivity index (χ4v) is 7.17. The van der Waals surface area contributed by atoms with Gasteiger partial charge in [-0.2, -0.15) is 0 Å². The molecule has 228 valence electrons. The number of hydrogen-bond donors (Lipinski definition) is 0. The number of carbonyl (C=O) groups excluding carboxylic acids is 2. The topological polar surface area (TPSA) is 53.1 Å². The molecule has 8 heteroatoms. The maximum absolute atomic E-state index is 14.1. The Morgan fingerprint density at radius 1 is 0.837 bits per heavy atom. The molecular formula is C35H41Cl2N3O3. The Balaban J connectivity index is 1.49. The summed E-state index contributed by atoms with van der Waals surface area (Å²) in [5.41, 5.74) is 2.07. The summed E-state index contributed by atoms with van der Waals surface area (Å²) < 4.78 is 0. The third kappa shape index (κ3) is 7.00. The minimum Gasteiger partial charge on any atom is -0.296 e. The van der Waals surface area contributed by atoms with Crippen LogP contribution < -0.4 is 0 Å². The van der Waals surface area contributed by atoms with E-state index in [-0.39, 0.29) is 23.8 Å². The zero-order chi connectivity index (χ0) is 30.4. The highest BCUT2D eigenvalue weighted by molar-refractivity contribution is 6.42. The Kier molecular flexibility index (Phi) is 10.6. The van der Waals surface area contributed by atoms with E-state index in [1.54, 1.807) is 7.05 Å². The van der Waals surface area contributed by atoms with E-state index in [4.69, 9.17) is 28.0 Å². The molecule has 2 atom stereocenters. The van der Waals surface area contributed by atoms with Crippen LogP contribution in [0.25, 0.3) is 0 Å². The van der Waals surface area contributed by atoms with Gasteiger partial charge >= 0.3 is 0 Å². The smallest absolute Gasteiger partial charge is 0.256 e. The number of benzene rings is 3. The lowest BCUT2D eigenvalue weighted by Gasteiger charge is -2.46. The Hall–Kier alpha value is -2.74. The second-order valence-corrected chi connectivity index (χ2v) is 12.6. The molecule has 0 saturated carbocycles. The van der Waals surface area contributed by atoms with Gasteiger partial charge in [-0.15, -0.1) is 0 Å². The van der Waals surface area contributed by atoms with Gasteiger partial charge in [-0.3, -0.25) is 24.2 Å². The van der Waals surface area contributed by atoms with Crippen LogP contribution in [-0.4, -0.2) is 72.9 Å². The molecule has 2 fully saturated rings. The molecule has 1 amide bonds. The standard InChI is InChI=1S/C35H41Cl2N3O3/c1-38(43-2)34(42)35(28-14-8-4-9-15-28)18-22-40(23-19-35)31(27-16-17-29(36)30(37)24-27)25-32(39-20-10-5-11-21-39)33(41)26-12-6-3-7-13-26/h3-4,6-9,12-17,24,31-32H,5,10-11,18-23,25H2,1-2H3. The first-order valence-electron chi connectivity index (χ1n) is 15.2. The maximum atomic E-state index is 14.1. The molecule has 6 nitrogen and oxygen atoms in total. The molecule has 0 radical (unpaired) electrons. The molecule has 2 aliphatic rings. The van der Waals surface area contributed by atoms with Crippen LogP contribution in [0.2, 0.25) is 10.0 Å². The van der Waals surface area contributed by atoms with Gasteiger partial charge in [-0.05, 0) is 68.5 Å². The van der Waals surface area contributed by atoms with Crippen LogP contribution in [0, 0.1) is 0 Å². The van der Waals surface area contributed by atoms with Crippen LogP contribution in [0.4, 0.5) is 0 Å². The van der Waals surface area contributed by atoms with Crippen molar-refractivity contribution in [3.8, 4) is 0 Å². The highest BCUT2D eigenvalue weighted by atomic mass is 35.5. The monoisotopic (exact) mass is 621 g/mol. The fourth-order valence-electron chi connectivity index (χ4n) is 6.86. The van der Waals surface area contributed by atoms with Crippen molar-refractivity contribution in [1.29, 1.82) is 0 Å². The Bertz CT molecular complexity index is 1370. The second-order valence-electron chi connectivity index (χ2n) is 11.7. The zero-order valence-corrected chi connectivity index (χ0v) is 26.6. The van der Waals surface area contributed by atoms with Gasteiger partial charge in [0, 0.05) is 31.7 Å². The van der Waals surface area contributed by atoms with Gasteiger partial charge in [0.1, 0.15) is 0 Å². The number of likely N-dealkylation sites (tertiary alicyclic amines) is 2.